The minimum Gasteiger partial charge on any atom is -0.475 e. The van der Waals surface area contributed by atoms with E-state index in [0.29, 0.717) is 6.04 Å². The molecule has 0 aromatic carbocycles. The second-order valence-electron chi connectivity index (χ2n) is 6.00. The molecule has 1 saturated heterocycles. The first kappa shape index (κ1) is 19.7. The molecule has 2 rings (SSSR count). The third-order valence-corrected chi connectivity index (χ3v) is 4.07. The molecule has 1 aliphatic heterocycles. The molecule has 1 unspecified atom stereocenters. The summed E-state index contributed by atoms with van der Waals surface area (Å²) >= 11 is 0. The Morgan fingerprint density at radius 2 is 1.48 bits per heavy atom. The minimum absolute atomic E-state index is 0.0884. The Hall–Kier alpha value is -1.31. The molecular formula is C15H25F3N2O3. The Kier molecular flexibility index (Phi) is 8.36. The van der Waals surface area contributed by atoms with Gasteiger partial charge in [-0.15, -0.1) is 0 Å². The van der Waals surface area contributed by atoms with Crippen LogP contribution in [0.2, 0.25) is 0 Å². The zero-order valence-corrected chi connectivity index (χ0v) is 13.1. The average Bonchev–Trinajstić information content (AvgIpc) is 2.95. The van der Waals surface area contributed by atoms with Crippen LogP contribution in [0, 0.1) is 0 Å². The van der Waals surface area contributed by atoms with Gasteiger partial charge in [-0.05, 0) is 32.2 Å². The molecule has 1 amide bonds. The number of alkyl halides is 3. The fraction of sp³-hybridized carbons (Fsp3) is 0.867. The molecule has 23 heavy (non-hydrogen) atoms. The third-order valence-electron chi connectivity index (χ3n) is 4.07. The molecule has 134 valence electrons. The lowest BCUT2D eigenvalue weighted by Crippen LogP contribution is -2.45. The van der Waals surface area contributed by atoms with Crippen LogP contribution in [-0.2, 0) is 9.59 Å². The van der Waals surface area contributed by atoms with E-state index in [1.54, 1.807) is 0 Å². The number of carbonyl (C=O) groups excluding carboxylic acids is 1. The number of hydrogen-bond donors (Lipinski definition) is 3. The Morgan fingerprint density at radius 1 is 0.957 bits per heavy atom. The van der Waals surface area contributed by atoms with Gasteiger partial charge in [0.2, 0.25) is 5.91 Å². The average molecular weight is 338 g/mol. The summed E-state index contributed by atoms with van der Waals surface area (Å²) in [5.41, 5.74) is 0. The number of amides is 1. The Bertz CT molecular complexity index is 375. The Labute approximate surface area is 134 Å². The molecule has 1 saturated carbocycles. The van der Waals surface area contributed by atoms with E-state index in [1.165, 1.54) is 44.9 Å². The zero-order chi connectivity index (χ0) is 17.3. The maximum absolute atomic E-state index is 11.9. The number of hydrogen-bond acceptors (Lipinski definition) is 3. The van der Waals surface area contributed by atoms with Crippen LogP contribution in [0.3, 0.4) is 0 Å². The number of carboxylic acids is 1. The van der Waals surface area contributed by atoms with Crippen molar-refractivity contribution in [3.05, 3.63) is 0 Å². The summed E-state index contributed by atoms with van der Waals surface area (Å²) in [5.74, 6) is -2.52. The Morgan fingerprint density at radius 3 is 1.91 bits per heavy atom. The van der Waals surface area contributed by atoms with Gasteiger partial charge in [-0.25, -0.2) is 4.79 Å². The van der Waals surface area contributed by atoms with Gasteiger partial charge >= 0.3 is 12.1 Å². The summed E-state index contributed by atoms with van der Waals surface area (Å²) in [6.45, 7) is 1.00. The smallest absolute Gasteiger partial charge is 0.475 e. The first-order valence-electron chi connectivity index (χ1n) is 8.14. The van der Waals surface area contributed by atoms with E-state index in [0.717, 1.165) is 19.4 Å². The number of rotatable bonds is 2. The van der Waals surface area contributed by atoms with E-state index in [2.05, 4.69) is 10.6 Å². The number of nitrogens with one attached hydrogen (secondary N) is 2. The summed E-state index contributed by atoms with van der Waals surface area (Å²) in [6, 6.07) is 0.528. The molecule has 0 aromatic rings. The van der Waals surface area contributed by atoms with Crippen LogP contribution >= 0.6 is 0 Å². The largest absolute Gasteiger partial charge is 0.490 e. The molecule has 5 nitrogen and oxygen atoms in total. The molecule has 0 radical (unpaired) electrons. The van der Waals surface area contributed by atoms with Gasteiger partial charge in [0.25, 0.3) is 0 Å². The normalized spacial score (nSPS) is 23.2. The van der Waals surface area contributed by atoms with E-state index in [4.69, 9.17) is 9.90 Å². The highest BCUT2D eigenvalue weighted by Crippen LogP contribution is 2.17. The lowest BCUT2D eigenvalue weighted by atomic mass is 9.96. The third kappa shape index (κ3) is 8.20. The molecule has 3 N–H and O–H groups in total. The van der Waals surface area contributed by atoms with Crippen LogP contribution in [0.4, 0.5) is 13.2 Å². The fourth-order valence-corrected chi connectivity index (χ4v) is 2.81. The maximum atomic E-state index is 11.9. The van der Waals surface area contributed by atoms with Crippen molar-refractivity contribution in [1.29, 1.82) is 0 Å². The van der Waals surface area contributed by atoms with Crippen LogP contribution in [0.15, 0.2) is 0 Å². The summed E-state index contributed by atoms with van der Waals surface area (Å²) < 4.78 is 31.7. The van der Waals surface area contributed by atoms with Gasteiger partial charge in [-0.1, -0.05) is 32.1 Å². The first-order chi connectivity index (χ1) is 10.8. The Balaban J connectivity index is 0.000000322. The van der Waals surface area contributed by atoms with E-state index >= 15 is 0 Å². The van der Waals surface area contributed by atoms with E-state index in [1.807, 2.05) is 0 Å². The summed E-state index contributed by atoms with van der Waals surface area (Å²) in [4.78, 5) is 20.8. The highest BCUT2D eigenvalue weighted by Gasteiger charge is 2.38. The highest BCUT2D eigenvalue weighted by atomic mass is 19.4. The molecule has 0 spiro atoms. The van der Waals surface area contributed by atoms with Gasteiger partial charge < -0.3 is 15.7 Å². The predicted octanol–water partition coefficient (Wildman–Crippen LogP) is 2.60. The van der Waals surface area contributed by atoms with Gasteiger partial charge in [0.05, 0.1) is 6.04 Å². The molecule has 2 fully saturated rings. The van der Waals surface area contributed by atoms with E-state index in [-0.39, 0.29) is 11.9 Å². The topological polar surface area (TPSA) is 78.4 Å². The van der Waals surface area contributed by atoms with E-state index in [9.17, 15) is 18.0 Å². The van der Waals surface area contributed by atoms with Crippen molar-refractivity contribution in [2.45, 2.75) is 76.0 Å². The molecule has 1 heterocycles. The SMILES string of the molecule is O=C(NC1CCCCCCC1)C1CCCN1.O=C(O)C(F)(F)F. The summed E-state index contributed by atoms with van der Waals surface area (Å²) in [5, 5.41) is 13.6. The van der Waals surface area contributed by atoms with Crippen molar-refractivity contribution in [3.63, 3.8) is 0 Å². The standard InChI is InChI=1S/C13H24N2O.C2HF3O2/c16-13(12-9-6-10-14-12)15-11-7-4-2-1-3-5-8-11;3-2(4,5)1(6)7/h11-12,14H,1-10H2,(H,15,16);(H,6,7). The van der Waals surface area contributed by atoms with Crippen LogP contribution in [0.1, 0.15) is 57.8 Å². The van der Waals surface area contributed by atoms with Gasteiger partial charge in [-0.2, -0.15) is 13.2 Å². The highest BCUT2D eigenvalue weighted by molar-refractivity contribution is 5.82. The lowest BCUT2D eigenvalue weighted by Gasteiger charge is -2.22. The van der Waals surface area contributed by atoms with Crippen LogP contribution < -0.4 is 10.6 Å². The predicted molar refractivity (Wildman–Crippen MR) is 79.0 cm³/mol. The second kappa shape index (κ2) is 9.75. The summed E-state index contributed by atoms with van der Waals surface area (Å²) in [6.07, 6.45) is 6.05. The second-order valence-corrected chi connectivity index (χ2v) is 6.00. The molecule has 1 atom stereocenters. The molecule has 0 bridgehead atoms. The van der Waals surface area contributed by atoms with Gasteiger partial charge in [0.15, 0.2) is 0 Å². The van der Waals surface area contributed by atoms with Gasteiger partial charge in [0.1, 0.15) is 0 Å². The molecule has 1 aliphatic carbocycles. The quantitative estimate of drug-likeness (QED) is 0.723. The van der Waals surface area contributed by atoms with Crippen LogP contribution in [-0.4, -0.2) is 41.8 Å². The van der Waals surface area contributed by atoms with Gasteiger partial charge in [0, 0.05) is 6.04 Å². The van der Waals surface area contributed by atoms with Crippen molar-refractivity contribution in [1.82, 2.24) is 10.6 Å². The van der Waals surface area contributed by atoms with Crippen molar-refractivity contribution in [3.8, 4) is 0 Å². The van der Waals surface area contributed by atoms with Crippen molar-refractivity contribution < 1.29 is 27.9 Å². The number of carbonyl (C=O) groups is 2. The number of carboxylic acid groups (broad SMARTS) is 1. The molecule has 2 aliphatic rings. The van der Waals surface area contributed by atoms with Crippen molar-refractivity contribution >= 4 is 11.9 Å². The number of halogens is 3. The van der Waals surface area contributed by atoms with Crippen molar-refractivity contribution in [2.24, 2.45) is 0 Å². The van der Waals surface area contributed by atoms with Crippen LogP contribution in [0.5, 0.6) is 0 Å². The van der Waals surface area contributed by atoms with Crippen molar-refractivity contribution in [2.75, 3.05) is 6.54 Å². The molecule has 0 aromatic heterocycles. The lowest BCUT2D eigenvalue weighted by molar-refractivity contribution is -0.192. The fourth-order valence-electron chi connectivity index (χ4n) is 2.81. The molecular weight excluding hydrogens is 313 g/mol. The summed E-state index contributed by atoms with van der Waals surface area (Å²) in [7, 11) is 0. The van der Waals surface area contributed by atoms with Gasteiger partial charge in [-0.3, -0.25) is 4.79 Å². The zero-order valence-electron chi connectivity index (χ0n) is 13.1. The minimum atomic E-state index is -5.08. The maximum Gasteiger partial charge on any atom is 0.490 e. The number of aliphatic carboxylic acids is 1. The monoisotopic (exact) mass is 338 g/mol. The first-order valence-corrected chi connectivity index (χ1v) is 8.14. The van der Waals surface area contributed by atoms with E-state index < -0.39 is 12.1 Å². The van der Waals surface area contributed by atoms with Crippen LogP contribution in [0.25, 0.3) is 0 Å². The molecule has 8 heteroatoms.